The highest BCUT2D eigenvalue weighted by Gasteiger charge is 2.33. The van der Waals surface area contributed by atoms with E-state index < -0.39 is 11.9 Å². The number of rotatable bonds is 1. The molecule has 2 aromatic rings. The smallest absolute Gasteiger partial charge is 0.382 e. The average molecular weight is 229 g/mol. The van der Waals surface area contributed by atoms with E-state index in [0.717, 1.165) is 16.9 Å². The average Bonchev–Trinajstić information content (AvgIpc) is 2.67. The minimum Gasteiger partial charge on any atom is -0.382 e. The maximum Gasteiger partial charge on any atom is 0.435 e. The molecule has 0 bridgehead atoms. The summed E-state index contributed by atoms with van der Waals surface area (Å²) in [7, 11) is 0. The summed E-state index contributed by atoms with van der Waals surface area (Å²) >= 11 is 0. The fraction of sp³-hybridized carbons (Fsp3) is 0.125. The number of hydrogen-bond acceptors (Lipinski definition) is 4. The third-order valence-corrected chi connectivity index (χ3v) is 1.79. The maximum absolute atomic E-state index is 12.2. The van der Waals surface area contributed by atoms with Crippen molar-refractivity contribution in [2.24, 2.45) is 0 Å². The van der Waals surface area contributed by atoms with E-state index in [9.17, 15) is 13.2 Å². The first-order valence-electron chi connectivity index (χ1n) is 4.19. The quantitative estimate of drug-likeness (QED) is 0.799. The maximum atomic E-state index is 12.2. The molecule has 0 saturated carbocycles. The van der Waals surface area contributed by atoms with Gasteiger partial charge >= 0.3 is 6.18 Å². The fourth-order valence-electron chi connectivity index (χ4n) is 1.06. The van der Waals surface area contributed by atoms with Crippen molar-refractivity contribution in [1.82, 2.24) is 20.0 Å². The summed E-state index contributed by atoms with van der Waals surface area (Å²) < 4.78 is 37.7. The number of nitrogen functional groups attached to an aromatic ring is 1. The molecule has 0 aliphatic carbocycles. The van der Waals surface area contributed by atoms with Crippen molar-refractivity contribution in [3.63, 3.8) is 0 Å². The minimum absolute atomic E-state index is 0.171. The van der Waals surface area contributed by atoms with Gasteiger partial charge in [0.05, 0.1) is 0 Å². The molecule has 2 heterocycles. The molecule has 0 saturated heterocycles. The first-order chi connectivity index (χ1) is 7.47. The van der Waals surface area contributed by atoms with Crippen LogP contribution in [0.2, 0.25) is 0 Å². The van der Waals surface area contributed by atoms with Crippen molar-refractivity contribution in [2.75, 3.05) is 5.73 Å². The Labute approximate surface area is 87.7 Å². The summed E-state index contributed by atoms with van der Waals surface area (Å²) in [6.45, 7) is 0. The van der Waals surface area contributed by atoms with E-state index in [1.54, 1.807) is 0 Å². The van der Waals surface area contributed by atoms with Crippen LogP contribution >= 0.6 is 0 Å². The van der Waals surface area contributed by atoms with Gasteiger partial charge in [0, 0.05) is 6.20 Å². The molecule has 2 aromatic heterocycles. The minimum atomic E-state index is -4.47. The van der Waals surface area contributed by atoms with Gasteiger partial charge in [-0.25, -0.2) is 4.68 Å². The monoisotopic (exact) mass is 229 g/mol. The lowest BCUT2D eigenvalue weighted by Gasteiger charge is -2.01. The zero-order chi connectivity index (χ0) is 11.8. The van der Waals surface area contributed by atoms with Gasteiger partial charge < -0.3 is 5.73 Å². The van der Waals surface area contributed by atoms with Crippen molar-refractivity contribution in [3.05, 3.63) is 30.1 Å². The second kappa shape index (κ2) is 3.47. The Morgan fingerprint density at radius 2 is 1.88 bits per heavy atom. The largest absolute Gasteiger partial charge is 0.435 e. The van der Waals surface area contributed by atoms with Crippen molar-refractivity contribution in [3.8, 4) is 5.82 Å². The molecule has 0 aliphatic heterocycles. The summed E-state index contributed by atoms with van der Waals surface area (Å²) in [5.74, 6) is 0.358. The van der Waals surface area contributed by atoms with Crippen molar-refractivity contribution >= 4 is 5.82 Å². The molecule has 0 radical (unpaired) electrons. The zero-order valence-corrected chi connectivity index (χ0v) is 7.81. The van der Waals surface area contributed by atoms with Gasteiger partial charge in [-0.15, -0.1) is 10.2 Å². The van der Waals surface area contributed by atoms with Gasteiger partial charge in [-0.1, -0.05) is 0 Å². The first-order valence-corrected chi connectivity index (χ1v) is 4.19. The van der Waals surface area contributed by atoms with Crippen LogP contribution < -0.4 is 5.73 Å². The highest BCUT2D eigenvalue weighted by atomic mass is 19.4. The van der Waals surface area contributed by atoms with Crippen LogP contribution in [0.1, 0.15) is 5.69 Å². The highest BCUT2D eigenvalue weighted by molar-refractivity contribution is 5.31. The Balaban J connectivity index is 2.35. The van der Waals surface area contributed by atoms with E-state index in [1.807, 2.05) is 0 Å². The third kappa shape index (κ3) is 1.95. The van der Waals surface area contributed by atoms with Crippen LogP contribution in [0.4, 0.5) is 19.0 Å². The van der Waals surface area contributed by atoms with Crippen LogP contribution in [-0.2, 0) is 6.18 Å². The Bertz CT molecular complexity index is 487. The number of nitrogens with zero attached hydrogens (tertiary/aromatic N) is 4. The molecule has 2 N–H and O–H groups in total. The van der Waals surface area contributed by atoms with E-state index >= 15 is 0 Å². The van der Waals surface area contributed by atoms with E-state index in [-0.39, 0.29) is 11.6 Å². The second-order valence-corrected chi connectivity index (χ2v) is 2.96. The van der Waals surface area contributed by atoms with E-state index in [2.05, 4.69) is 15.3 Å². The van der Waals surface area contributed by atoms with E-state index in [0.29, 0.717) is 0 Å². The lowest BCUT2D eigenvalue weighted by molar-refractivity contribution is -0.141. The van der Waals surface area contributed by atoms with Gasteiger partial charge in [-0.05, 0) is 18.2 Å². The van der Waals surface area contributed by atoms with Gasteiger partial charge in [-0.2, -0.15) is 18.3 Å². The lowest BCUT2D eigenvalue weighted by Crippen LogP contribution is -2.08. The van der Waals surface area contributed by atoms with Gasteiger partial charge in [0.15, 0.2) is 11.5 Å². The van der Waals surface area contributed by atoms with Gasteiger partial charge in [0.1, 0.15) is 5.82 Å². The number of alkyl halides is 3. The summed E-state index contributed by atoms with van der Waals surface area (Å²) in [6, 6.07) is 3.71. The number of hydrogen-bond donors (Lipinski definition) is 1. The third-order valence-electron chi connectivity index (χ3n) is 1.79. The zero-order valence-electron chi connectivity index (χ0n) is 7.81. The van der Waals surface area contributed by atoms with Crippen LogP contribution in [0.3, 0.4) is 0 Å². The molecule has 0 spiro atoms. The van der Waals surface area contributed by atoms with Crippen molar-refractivity contribution < 1.29 is 13.2 Å². The summed E-state index contributed by atoms with van der Waals surface area (Å²) in [4.78, 5) is 0. The molecule has 2 rings (SSSR count). The predicted molar refractivity (Wildman–Crippen MR) is 48.6 cm³/mol. The Hall–Kier alpha value is -2.12. The van der Waals surface area contributed by atoms with E-state index in [4.69, 9.17) is 5.73 Å². The van der Waals surface area contributed by atoms with Crippen molar-refractivity contribution in [2.45, 2.75) is 6.18 Å². The summed E-state index contributed by atoms with van der Waals surface area (Å²) in [5, 5.41) is 10.4. The molecular formula is C8H6F3N5. The molecule has 0 unspecified atom stereocenters. The van der Waals surface area contributed by atoms with Crippen molar-refractivity contribution in [1.29, 1.82) is 0 Å². The summed E-state index contributed by atoms with van der Waals surface area (Å²) in [5.41, 5.74) is 4.32. The lowest BCUT2D eigenvalue weighted by atomic mass is 10.4. The number of nitrogens with two attached hydrogens (primary N) is 1. The molecule has 0 fully saturated rings. The number of aromatic nitrogens is 4. The highest BCUT2D eigenvalue weighted by Crippen LogP contribution is 2.27. The molecule has 16 heavy (non-hydrogen) atoms. The van der Waals surface area contributed by atoms with Crippen LogP contribution in [-0.4, -0.2) is 20.0 Å². The topological polar surface area (TPSA) is 69.6 Å². The molecule has 84 valence electrons. The normalized spacial score (nSPS) is 11.7. The van der Waals surface area contributed by atoms with Crippen LogP contribution in [0, 0.1) is 0 Å². The standard InChI is InChI=1S/C8H6F3N5/c9-8(10,11)5-3-4-16(15-5)7-2-1-6(12)13-14-7/h1-4H,(H2,12,13). The van der Waals surface area contributed by atoms with Crippen LogP contribution in [0.25, 0.3) is 5.82 Å². The van der Waals surface area contributed by atoms with E-state index in [1.165, 1.54) is 12.1 Å². The SMILES string of the molecule is Nc1ccc(-n2ccc(C(F)(F)F)n2)nn1. The Morgan fingerprint density at radius 3 is 2.38 bits per heavy atom. The van der Waals surface area contributed by atoms with Gasteiger partial charge in [0.25, 0.3) is 0 Å². The molecule has 5 nitrogen and oxygen atoms in total. The Kier molecular flexibility index (Phi) is 2.26. The van der Waals surface area contributed by atoms with Crippen LogP contribution in [0.15, 0.2) is 24.4 Å². The molecule has 0 aliphatic rings. The predicted octanol–water partition coefficient (Wildman–Crippen LogP) is 1.26. The molecule has 0 atom stereocenters. The fourth-order valence-corrected chi connectivity index (χ4v) is 1.06. The first kappa shape index (κ1) is 10.4. The van der Waals surface area contributed by atoms with Gasteiger partial charge in [0.2, 0.25) is 0 Å². The Morgan fingerprint density at radius 1 is 1.12 bits per heavy atom. The number of halogens is 3. The second-order valence-electron chi connectivity index (χ2n) is 2.96. The summed E-state index contributed by atoms with van der Waals surface area (Å²) in [6.07, 6.45) is -3.31. The number of anilines is 1. The molecular weight excluding hydrogens is 223 g/mol. The molecule has 0 amide bonds. The van der Waals surface area contributed by atoms with Gasteiger partial charge in [-0.3, -0.25) is 0 Å². The molecule has 0 aromatic carbocycles. The molecule has 8 heteroatoms. The van der Waals surface area contributed by atoms with Crippen LogP contribution in [0.5, 0.6) is 0 Å².